The lowest BCUT2D eigenvalue weighted by Gasteiger charge is -2.26. The summed E-state index contributed by atoms with van der Waals surface area (Å²) in [4.78, 5) is 11.7. The van der Waals surface area contributed by atoms with E-state index in [4.69, 9.17) is 14.4 Å². The lowest BCUT2D eigenvalue weighted by Crippen LogP contribution is -2.09. The van der Waals surface area contributed by atoms with Crippen LogP contribution in [-0.4, -0.2) is 9.97 Å². The molecule has 1 aliphatic rings. The van der Waals surface area contributed by atoms with Crippen LogP contribution >= 0.6 is 0 Å². The van der Waals surface area contributed by atoms with Gasteiger partial charge in [0.15, 0.2) is 0 Å². The van der Waals surface area contributed by atoms with Crippen LogP contribution in [0.15, 0.2) is 175 Å². The molecule has 3 aromatic heterocycles. The highest BCUT2D eigenvalue weighted by atomic mass is 16.3. The molecular weight excluding hydrogens is 647 g/mol. The number of furan rings is 1. The molecule has 0 fully saturated rings. The van der Waals surface area contributed by atoms with E-state index >= 15 is 0 Å². The van der Waals surface area contributed by atoms with Crippen LogP contribution in [0.4, 0.5) is 17.1 Å². The molecule has 0 radical (unpaired) electrons. The Morgan fingerprint density at radius 1 is 0.547 bits per heavy atom. The number of pyridine rings is 2. The molecule has 53 heavy (non-hydrogen) atoms. The molecule has 1 atom stereocenters. The molecular formula is C49H35N3O. The van der Waals surface area contributed by atoms with Gasteiger partial charge < -0.3 is 9.32 Å². The van der Waals surface area contributed by atoms with Crippen LogP contribution in [0.3, 0.4) is 0 Å². The van der Waals surface area contributed by atoms with Crippen LogP contribution in [0.1, 0.15) is 18.2 Å². The van der Waals surface area contributed by atoms with E-state index in [9.17, 15) is 0 Å². The maximum atomic E-state index is 6.53. The third-order valence-electron chi connectivity index (χ3n) is 10.5. The minimum Gasteiger partial charge on any atom is -0.460 e. The molecule has 10 rings (SSSR count). The highest BCUT2D eigenvalue weighted by molar-refractivity contribution is 5.99. The second-order valence-corrected chi connectivity index (χ2v) is 14.0. The Morgan fingerprint density at radius 2 is 1.08 bits per heavy atom. The van der Waals surface area contributed by atoms with Crippen molar-refractivity contribution in [3.8, 4) is 33.4 Å². The van der Waals surface area contributed by atoms with Gasteiger partial charge >= 0.3 is 0 Å². The lowest BCUT2D eigenvalue weighted by atomic mass is 9.94. The van der Waals surface area contributed by atoms with E-state index in [0.29, 0.717) is 5.92 Å². The number of fused-ring (bicyclic) bond motifs is 5. The average Bonchev–Trinajstić information content (AvgIpc) is 3.59. The van der Waals surface area contributed by atoms with Crippen molar-refractivity contribution < 1.29 is 4.42 Å². The van der Waals surface area contributed by atoms with Gasteiger partial charge in [0.2, 0.25) is 0 Å². The number of rotatable bonds is 6. The monoisotopic (exact) mass is 681 g/mol. The standard InChI is InChI=1S/C49H35N3O/c1-32-13-26-44-45-10-6-9-43(49(45)53-48(44)27-32)35-18-24-42(25-19-35)52(40-20-14-33(15-21-40)38-28-36-7-2-4-11-46(36)50-30-38)41-22-16-34(17-23-41)39-29-37-8-3-5-12-47(37)51-31-39/h2-26,28-32H,27H2,1H3. The summed E-state index contributed by atoms with van der Waals surface area (Å²) >= 11 is 0. The van der Waals surface area contributed by atoms with Gasteiger partial charge in [-0.15, -0.1) is 0 Å². The smallest absolute Gasteiger partial charge is 0.142 e. The van der Waals surface area contributed by atoms with Crippen molar-refractivity contribution >= 4 is 55.9 Å². The number of hydrogen-bond donors (Lipinski definition) is 0. The summed E-state index contributed by atoms with van der Waals surface area (Å²) in [5, 5.41) is 3.44. The van der Waals surface area contributed by atoms with E-state index in [0.717, 1.165) is 90.0 Å². The first-order chi connectivity index (χ1) is 26.1. The Labute approximate surface area is 308 Å². The van der Waals surface area contributed by atoms with Gasteiger partial charge in [-0.2, -0.15) is 0 Å². The average molecular weight is 682 g/mol. The van der Waals surface area contributed by atoms with Crippen LogP contribution in [0.25, 0.3) is 72.2 Å². The van der Waals surface area contributed by atoms with Crippen molar-refractivity contribution in [2.75, 3.05) is 4.90 Å². The number of anilines is 3. The van der Waals surface area contributed by atoms with Gasteiger partial charge in [0.05, 0.1) is 11.0 Å². The fourth-order valence-electron chi connectivity index (χ4n) is 7.67. The molecule has 252 valence electrons. The fraction of sp³-hybridized carbons (Fsp3) is 0.0612. The molecule has 0 amide bonds. The van der Waals surface area contributed by atoms with Gasteiger partial charge in [0.1, 0.15) is 11.3 Å². The SMILES string of the molecule is CC1C=Cc2c(oc3c(-c4ccc(N(c5ccc(-c6cnc7ccccc7c6)cc5)c5ccc(-c6cnc7ccccc7c6)cc5)cc4)cccc23)C1. The van der Waals surface area contributed by atoms with Crippen molar-refractivity contribution in [3.63, 3.8) is 0 Å². The molecule has 1 aliphatic carbocycles. The maximum Gasteiger partial charge on any atom is 0.142 e. The highest BCUT2D eigenvalue weighted by Crippen LogP contribution is 2.41. The molecule has 0 saturated heterocycles. The van der Waals surface area contributed by atoms with Gasteiger partial charge in [-0.25, -0.2) is 0 Å². The van der Waals surface area contributed by atoms with Crippen molar-refractivity contribution in [2.24, 2.45) is 5.92 Å². The Hall–Kier alpha value is -6.78. The number of nitrogens with zero attached hydrogens (tertiary/aromatic N) is 3. The molecule has 0 aliphatic heterocycles. The summed E-state index contributed by atoms with van der Waals surface area (Å²) in [5.74, 6) is 1.56. The third kappa shape index (κ3) is 5.65. The summed E-state index contributed by atoms with van der Waals surface area (Å²) in [6, 6.07) is 53.8. The summed E-state index contributed by atoms with van der Waals surface area (Å²) in [6.45, 7) is 2.24. The summed E-state index contributed by atoms with van der Waals surface area (Å²) < 4.78 is 6.53. The Bertz CT molecular complexity index is 2690. The zero-order valence-electron chi connectivity index (χ0n) is 29.3. The van der Waals surface area contributed by atoms with E-state index in [2.05, 4.69) is 151 Å². The maximum absolute atomic E-state index is 6.53. The molecule has 0 saturated carbocycles. The number of para-hydroxylation sites is 3. The summed E-state index contributed by atoms with van der Waals surface area (Å²) in [5.41, 5.74) is 14.0. The summed E-state index contributed by atoms with van der Waals surface area (Å²) in [7, 11) is 0. The number of hydrogen-bond acceptors (Lipinski definition) is 4. The zero-order chi connectivity index (χ0) is 35.3. The van der Waals surface area contributed by atoms with Gasteiger partial charge in [0.25, 0.3) is 0 Å². The molecule has 1 unspecified atom stereocenters. The Kier molecular flexibility index (Phi) is 7.47. The van der Waals surface area contributed by atoms with Gasteiger partial charge in [0, 0.05) is 74.3 Å². The second kappa shape index (κ2) is 12.8. The van der Waals surface area contributed by atoms with E-state index in [1.165, 1.54) is 10.9 Å². The molecule has 4 nitrogen and oxygen atoms in total. The van der Waals surface area contributed by atoms with Crippen molar-refractivity contribution in [1.29, 1.82) is 0 Å². The first-order valence-corrected chi connectivity index (χ1v) is 18.2. The minimum atomic E-state index is 0.480. The normalized spacial score (nSPS) is 13.8. The van der Waals surface area contributed by atoms with Crippen LogP contribution in [0.2, 0.25) is 0 Å². The van der Waals surface area contributed by atoms with Crippen LogP contribution < -0.4 is 4.90 Å². The van der Waals surface area contributed by atoms with E-state index in [1.807, 2.05) is 36.7 Å². The van der Waals surface area contributed by atoms with Crippen molar-refractivity contribution in [3.05, 3.63) is 181 Å². The van der Waals surface area contributed by atoms with Gasteiger partial charge in [-0.3, -0.25) is 9.97 Å². The van der Waals surface area contributed by atoms with Crippen molar-refractivity contribution in [1.82, 2.24) is 9.97 Å². The topological polar surface area (TPSA) is 42.2 Å². The van der Waals surface area contributed by atoms with Crippen LogP contribution in [0, 0.1) is 5.92 Å². The molecule has 6 aromatic carbocycles. The molecule has 9 aromatic rings. The second-order valence-electron chi connectivity index (χ2n) is 14.0. The Balaban J connectivity index is 1.03. The largest absolute Gasteiger partial charge is 0.460 e. The van der Waals surface area contributed by atoms with Crippen LogP contribution in [0.5, 0.6) is 0 Å². The van der Waals surface area contributed by atoms with Crippen molar-refractivity contribution in [2.45, 2.75) is 13.3 Å². The lowest BCUT2D eigenvalue weighted by molar-refractivity contribution is 0.514. The minimum absolute atomic E-state index is 0.480. The van der Waals surface area contributed by atoms with Gasteiger partial charge in [-0.1, -0.05) is 110 Å². The van der Waals surface area contributed by atoms with Crippen LogP contribution in [-0.2, 0) is 6.42 Å². The predicted octanol–water partition coefficient (Wildman–Crippen LogP) is 13.2. The number of benzene rings is 6. The molecule has 0 bridgehead atoms. The van der Waals surface area contributed by atoms with Gasteiger partial charge in [-0.05, 0) is 83.3 Å². The molecule has 0 spiro atoms. The quantitative estimate of drug-likeness (QED) is 0.175. The zero-order valence-corrected chi connectivity index (χ0v) is 29.3. The van der Waals surface area contributed by atoms with E-state index < -0.39 is 0 Å². The number of aromatic nitrogens is 2. The van der Waals surface area contributed by atoms with E-state index in [-0.39, 0.29) is 0 Å². The Morgan fingerprint density at radius 3 is 1.64 bits per heavy atom. The number of allylic oxidation sites excluding steroid dienone is 1. The fourth-order valence-corrected chi connectivity index (χ4v) is 7.67. The molecule has 0 N–H and O–H groups in total. The molecule has 4 heteroatoms. The predicted molar refractivity (Wildman–Crippen MR) is 220 cm³/mol. The van der Waals surface area contributed by atoms with E-state index in [1.54, 1.807) is 0 Å². The molecule has 3 heterocycles. The first-order valence-electron chi connectivity index (χ1n) is 18.2. The first kappa shape index (κ1) is 31.0. The summed E-state index contributed by atoms with van der Waals surface area (Å²) in [6.07, 6.45) is 9.36. The third-order valence-corrected chi connectivity index (χ3v) is 10.5. The highest BCUT2D eigenvalue weighted by Gasteiger charge is 2.20.